The number of piperidine rings is 1. The molecule has 3 aromatic rings. The third-order valence-corrected chi connectivity index (χ3v) is 9.54. The molecule has 15 heteroatoms. The number of aromatic amines is 1. The minimum absolute atomic E-state index is 0.0154. The highest BCUT2D eigenvalue weighted by Crippen LogP contribution is 2.34. The van der Waals surface area contributed by atoms with E-state index in [0.717, 1.165) is 12.0 Å². The molecule has 2 aromatic heterocycles. The Morgan fingerprint density at radius 3 is 2.58 bits per heavy atom. The van der Waals surface area contributed by atoms with E-state index in [0.29, 0.717) is 73.3 Å². The molecule has 0 amide bonds. The topological polar surface area (TPSA) is 182 Å². The Bertz CT molecular complexity index is 1640. The van der Waals surface area contributed by atoms with E-state index in [1.807, 2.05) is 20.8 Å². The van der Waals surface area contributed by atoms with Crippen LogP contribution in [-0.2, 0) is 27.8 Å². The van der Waals surface area contributed by atoms with Crippen LogP contribution in [0.2, 0.25) is 0 Å². The molecule has 1 fully saturated rings. The van der Waals surface area contributed by atoms with E-state index in [1.54, 1.807) is 10.6 Å². The number of rotatable bonds is 14. The summed E-state index contributed by atoms with van der Waals surface area (Å²) in [7, 11) is -3.90. The van der Waals surface area contributed by atoms with Gasteiger partial charge in [0.1, 0.15) is 22.6 Å². The van der Waals surface area contributed by atoms with Crippen LogP contribution in [-0.4, -0.2) is 70.1 Å². The summed E-state index contributed by atoms with van der Waals surface area (Å²) in [4.78, 5) is 36.0. The van der Waals surface area contributed by atoms with Crippen molar-refractivity contribution in [1.82, 2.24) is 18.8 Å². The van der Waals surface area contributed by atoms with Crippen LogP contribution in [0, 0.1) is 16.0 Å². The lowest BCUT2D eigenvalue weighted by atomic mass is 9.95. The number of aromatic nitrogens is 3. The van der Waals surface area contributed by atoms with Gasteiger partial charge in [-0.15, -0.1) is 10.1 Å². The molecular formula is C28H38N6O8S. The average Bonchev–Trinajstić information content (AvgIpc) is 3.29. The first-order chi connectivity index (χ1) is 20.7. The van der Waals surface area contributed by atoms with Crippen LogP contribution in [0.4, 0.5) is 0 Å². The van der Waals surface area contributed by atoms with E-state index in [9.17, 15) is 28.5 Å². The summed E-state index contributed by atoms with van der Waals surface area (Å²) in [5.74, 6) is 0.682. The van der Waals surface area contributed by atoms with Crippen LogP contribution in [0.1, 0.15) is 64.1 Å². The predicted molar refractivity (Wildman–Crippen MR) is 160 cm³/mol. The third-order valence-electron chi connectivity index (χ3n) is 7.65. The first-order valence-corrected chi connectivity index (χ1v) is 16.0. The molecule has 0 aliphatic carbocycles. The van der Waals surface area contributed by atoms with Gasteiger partial charge in [-0.25, -0.2) is 13.4 Å². The molecular weight excluding hydrogens is 580 g/mol. The Labute approximate surface area is 249 Å². The smallest absolute Gasteiger partial charge is 0.294 e. The van der Waals surface area contributed by atoms with E-state index < -0.39 is 20.7 Å². The maximum Gasteiger partial charge on any atom is 0.294 e. The van der Waals surface area contributed by atoms with E-state index in [-0.39, 0.29) is 36.3 Å². The molecule has 1 aromatic carbocycles. The number of ether oxygens (including phenoxy) is 1. The monoisotopic (exact) mass is 618 g/mol. The minimum atomic E-state index is -3.90. The van der Waals surface area contributed by atoms with Crippen molar-refractivity contribution in [3.05, 3.63) is 49.9 Å². The number of fused-ring (bicyclic) bond motifs is 1. The fourth-order valence-corrected chi connectivity index (χ4v) is 7.06. The molecule has 0 radical (unpaired) electrons. The van der Waals surface area contributed by atoms with Crippen molar-refractivity contribution in [2.45, 2.75) is 70.7 Å². The quantitative estimate of drug-likeness (QED) is 0.117. The summed E-state index contributed by atoms with van der Waals surface area (Å²) in [6.45, 7) is 7.19. The highest BCUT2D eigenvalue weighted by atomic mass is 32.2. The zero-order valence-electron chi connectivity index (χ0n) is 24.6. The van der Waals surface area contributed by atoms with Crippen molar-refractivity contribution in [2.75, 3.05) is 26.3 Å². The summed E-state index contributed by atoms with van der Waals surface area (Å²) < 4.78 is 36.5. The van der Waals surface area contributed by atoms with Crippen LogP contribution in [0.15, 0.2) is 33.0 Å². The Morgan fingerprint density at radius 2 is 1.95 bits per heavy atom. The SMILES string of the molecule is CCCOc1ccc(S(=O)(=O)N2CCC(CCO[N+](=O)[O-])CC2)cc1-c1nc2c(CCC)c(C=NO)n(CC)c2c(=O)[nH]1. The van der Waals surface area contributed by atoms with Crippen molar-refractivity contribution in [3.63, 3.8) is 0 Å². The van der Waals surface area contributed by atoms with Crippen molar-refractivity contribution >= 4 is 27.3 Å². The van der Waals surface area contributed by atoms with Gasteiger partial charge in [-0.3, -0.25) is 4.79 Å². The van der Waals surface area contributed by atoms with E-state index in [4.69, 9.17) is 9.72 Å². The van der Waals surface area contributed by atoms with Gasteiger partial charge in [0, 0.05) is 25.2 Å². The summed E-state index contributed by atoms with van der Waals surface area (Å²) in [5, 5.41) is 22.1. The van der Waals surface area contributed by atoms with Crippen LogP contribution in [0.25, 0.3) is 22.4 Å². The first-order valence-electron chi connectivity index (χ1n) is 14.5. The van der Waals surface area contributed by atoms with Gasteiger partial charge in [0.15, 0.2) is 0 Å². The molecule has 0 saturated carbocycles. The summed E-state index contributed by atoms with van der Waals surface area (Å²) in [5.41, 5.74) is 2.07. The summed E-state index contributed by atoms with van der Waals surface area (Å²) in [6.07, 6.45) is 4.97. The van der Waals surface area contributed by atoms with Crippen LogP contribution < -0.4 is 10.3 Å². The number of benzene rings is 1. The zero-order chi connectivity index (χ0) is 31.1. The maximum atomic E-state index is 13.7. The molecule has 4 rings (SSSR count). The van der Waals surface area contributed by atoms with Crippen LogP contribution >= 0.6 is 0 Å². The Hall–Kier alpha value is -3.98. The molecule has 0 unspecified atom stereocenters. The second-order valence-corrected chi connectivity index (χ2v) is 12.4. The van der Waals surface area contributed by atoms with Crippen molar-refractivity contribution in [3.8, 4) is 17.1 Å². The molecule has 2 N–H and O–H groups in total. The van der Waals surface area contributed by atoms with Crippen molar-refractivity contribution < 1.29 is 28.3 Å². The highest BCUT2D eigenvalue weighted by Gasteiger charge is 2.31. The second-order valence-electron chi connectivity index (χ2n) is 10.4. The van der Waals surface area contributed by atoms with E-state index in [1.165, 1.54) is 22.7 Å². The van der Waals surface area contributed by atoms with Crippen molar-refractivity contribution in [1.29, 1.82) is 0 Å². The molecule has 14 nitrogen and oxygen atoms in total. The molecule has 0 bridgehead atoms. The molecule has 43 heavy (non-hydrogen) atoms. The number of nitrogens with zero attached hydrogens (tertiary/aromatic N) is 5. The minimum Gasteiger partial charge on any atom is -0.493 e. The summed E-state index contributed by atoms with van der Waals surface area (Å²) in [6, 6.07) is 4.55. The van der Waals surface area contributed by atoms with Gasteiger partial charge in [-0.2, -0.15) is 4.31 Å². The largest absolute Gasteiger partial charge is 0.493 e. The number of sulfonamides is 1. The molecule has 1 saturated heterocycles. The standard InChI is InChI=1S/C28H38N6O8S/c1-4-7-21-23(18-29-36)33(6-3)26-25(21)30-27(31-28(26)35)22-17-20(8-9-24(22)41-15-5-2)43(39,40)32-13-10-19(11-14-32)12-16-42-34(37)38/h8-9,17-19,36H,4-7,10-16H2,1-3H3,(H,30,31,35). The van der Waals surface area contributed by atoms with Gasteiger partial charge in [-0.1, -0.05) is 25.4 Å². The average molecular weight is 619 g/mol. The molecule has 1 aliphatic heterocycles. The van der Waals surface area contributed by atoms with Crippen molar-refractivity contribution in [2.24, 2.45) is 11.1 Å². The molecule has 1 aliphatic rings. The van der Waals surface area contributed by atoms with Gasteiger partial charge in [0.25, 0.3) is 10.6 Å². The van der Waals surface area contributed by atoms with E-state index in [2.05, 4.69) is 15.0 Å². The number of hydrogen-bond acceptors (Lipinski definition) is 10. The van der Waals surface area contributed by atoms with Gasteiger partial charge in [0.2, 0.25) is 10.0 Å². The number of aryl methyl sites for hydroxylation is 2. The second kappa shape index (κ2) is 14.0. The van der Waals surface area contributed by atoms with Gasteiger partial charge >= 0.3 is 0 Å². The molecule has 0 spiro atoms. The molecule has 234 valence electrons. The lowest BCUT2D eigenvalue weighted by Crippen LogP contribution is -2.38. The fourth-order valence-electron chi connectivity index (χ4n) is 5.56. The molecule has 3 heterocycles. The maximum absolute atomic E-state index is 13.7. The number of oxime groups is 1. The van der Waals surface area contributed by atoms with Gasteiger partial charge in [0.05, 0.1) is 35.6 Å². The lowest BCUT2D eigenvalue weighted by Gasteiger charge is -2.31. The number of hydrogen-bond donors (Lipinski definition) is 2. The summed E-state index contributed by atoms with van der Waals surface area (Å²) >= 11 is 0. The van der Waals surface area contributed by atoms with Crippen LogP contribution in [0.5, 0.6) is 5.75 Å². The normalized spacial score (nSPS) is 15.0. The Kier molecular flexibility index (Phi) is 10.4. The third kappa shape index (κ3) is 6.82. The fraction of sp³-hybridized carbons (Fsp3) is 0.536. The van der Waals surface area contributed by atoms with Gasteiger partial charge in [-0.05, 0) is 63.1 Å². The zero-order valence-corrected chi connectivity index (χ0v) is 25.4. The number of nitrogens with one attached hydrogen (secondary N) is 1. The van der Waals surface area contributed by atoms with Crippen LogP contribution in [0.3, 0.4) is 0 Å². The van der Waals surface area contributed by atoms with Gasteiger partial charge < -0.3 is 24.3 Å². The Balaban J connectivity index is 1.75. The van der Waals surface area contributed by atoms with E-state index >= 15 is 0 Å². The highest BCUT2D eigenvalue weighted by molar-refractivity contribution is 7.89. The molecule has 0 atom stereocenters. The Morgan fingerprint density at radius 1 is 1.21 bits per heavy atom. The lowest BCUT2D eigenvalue weighted by molar-refractivity contribution is -0.758. The first kappa shape index (κ1) is 31.9. The predicted octanol–water partition coefficient (Wildman–Crippen LogP) is 3.96. The number of H-pyrrole nitrogens is 1.